The van der Waals surface area contributed by atoms with Crippen LogP contribution in [0.5, 0.6) is 0 Å². The van der Waals surface area contributed by atoms with Crippen molar-refractivity contribution in [3.8, 4) is 0 Å². The molecule has 0 aliphatic heterocycles. The van der Waals surface area contributed by atoms with Gasteiger partial charge >= 0.3 is 0 Å². The lowest BCUT2D eigenvalue weighted by Crippen LogP contribution is -2.33. The highest BCUT2D eigenvalue weighted by Crippen LogP contribution is 2.27. The molecule has 0 saturated carbocycles. The number of halogens is 1. The SMILES string of the molecule is CC(C)N(C)S(=O)(=O)c1ccccc1[N+](=O)[O-].O=[N+]([O-])c1ccccc1S(=O)(=O)Cl. The van der Waals surface area contributed by atoms with Crippen LogP contribution in [0.25, 0.3) is 0 Å². The van der Waals surface area contributed by atoms with E-state index in [0.717, 1.165) is 16.4 Å². The molecule has 2 rings (SSSR count). The molecule has 2 aromatic rings. The molecule has 0 heterocycles. The number of hydrogen-bond acceptors (Lipinski definition) is 8. The van der Waals surface area contributed by atoms with Gasteiger partial charge in [-0.05, 0) is 26.0 Å². The fourth-order valence-corrected chi connectivity index (χ4v) is 4.62. The number of nitro benzene ring substituents is 2. The van der Waals surface area contributed by atoms with Crippen molar-refractivity contribution in [1.29, 1.82) is 0 Å². The van der Waals surface area contributed by atoms with Gasteiger partial charge in [0.05, 0.1) is 9.85 Å². The zero-order valence-corrected chi connectivity index (χ0v) is 18.4. The number of nitrogens with zero attached hydrogens (tertiary/aromatic N) is 3. The van der Waals surface area contributed by atoms with Crippen molar-refractivity contribution in [2.75, 3.05) is 7.05 Å². The maximum Gasteiger partial charge on any atom is 0.289 e. The van der Waals surface area contributed by atoms with Gasteiger partial charge in [-0.15, -0.1) is 0 Å². The van der Waals surface area contributed by atoms with Gasteiger partial charge in [0.25, 0.3) is 20.4 Å². The fourth-order valence-electron chi connectivity index (χ4n) is 2.07. The van der Waals surface area contributed by atoms with Crippen molar-refractivity contribution in [2.24, 2.45) is 0 Å². The van der Waals surface area contributed by atoms with Crippen LogP contribution in [0.15, 0.2) is 58.3 Å². The molecule has 0 amide bonds. The third-order valence-electron chi connectivity index (χ3n) is 3.77. The Morgan fingerprint density at radius 2 is 1.20 bits per heavy atom. The van der Waals surface area contributed by atoms with Crippen LogP contribution in [0.3, 0.4) is 0 Å². The van der Waals surface area contributed by atoms with E-state index in [1.807, 2.05) is 0 Å². The second-order valence-corrected chi connectivity index (χ2v) is 10.5. The lowest BCUT2D eigenvalue weighted by atomic mass is 10.3. The van der Waals surface area contributed by atoms with E-state index in [1.54, 1.807) is 13.8 Å². The summed E-state index contributed by atoms with van der Waals surface area (Å²) < 4.78 is 47.0. The largest absolute Gasteiger partial charge is 0.289 e. The van der Waals surface area contributed by atoms with Crippen LogP contribution < -0.4 is 0 Å². The number of para-hydroxylation sites is 2. The Morgan fingerprint density at radius 1 is 0.833 bits per heavy atom. The smallest absolute Gasteiger partial charge is 0.258 e. The van der Waals surface area contributed by atoms with Crippen molar-refractivity contribution in [3.05, 3.63) is 68.8 Å². The van der Waals surface area contributed by atoms with Gasteiger partial charge in [0.1, 0.15) is 0 Å². The maximum atomic E-state index is 12.1. The number of rotatable bonds is 6. The Labute approximate surface area is 177 Å². The Balaban J connectivity index is 0.000000311. The molecule has 2 aromatic carbocycles. The van der Waals surface area contributed by atoms with E-state index in [1.165, 1.54) is 43.4 Å². The van der Waals surface area contributed by atoms with Crippen LogP contribution in [0, 0.1) is 20.2 Å². The van der Waals surface area contributed by atoms with Gasteiger partial charge in [-0.3, -0.25) is 20.2 Å². The molecule has 14 heteroatoms. The molecule has 0 atom stereocenters. The quantitative estimate of drug-likeness (QED) is 0.347. The first-order valence-electron chi connectivity index (χ1n) is 8.10. The van der Waals surface area contributed by atoms with Gasteiger partial charge in [-0.1, -0.05) is 24.3 Å². The molecule has 164 valence electrons. The molecular weight excluding hydrogens is 462 g/mol. The summed E-state index contributed by atoms with van der Waals surface area (Å²) in [5.74, 6) is 0. The van der Waals surface area contributed by atoms with Crippen LogP contribution in [0.1, 0.15) is 13.8 Å². The van der Waals surface area contributed by atoms with Crippen LogP contribution in [-0.2, 0) is 19.1 Å². The molecule has 0 saturated heterocycles. The molecule has 0 N–H and O–H groups in total. The van der Waals surface area contributed by atoms with Gasteiger partial charge in [-0.2, -0.15) is 4.31 Å². The molecule has 0 bridgehead atoms. The summed E-state index contributed by atoms with van der Waals surface area (Å²) in [5, 5.41) is 21.1. The standard InChI is InChI=1S/C10H14N2O4S.C6H4ClNO4S/c1-8(2)11(3)17(15,16)10-7-5-4-6-9(10)12(13)14;7-13(11,12)6-4-2-1-3-5(6)8(9)10/h4-8H,1-3H3;1-4H. The highest BCUT2D eigenvalue weighted by molar-refractivity contribution is 8.13. The van der Waals surface area contributed by atoms with Crippen molar-refractivity contribution in [2.45, 2.75) is 29.7 Å². The van der Waals surface area contributed by atoms with E-state index in [4.69, 9.17) is 10.7 Å². The lowest BCUT2D eigenvalue weighted by Gasteiger charge is -2.20. The molecule has 11 nitrogen and oxygen atoms in total. The Morgan fingerprint density at radius 3 is 1.53 bits per heavy atom. The molecule has 0 radical (unpaired) electrons. The number of sulfonamides is 1. The van der Waals surface area contributed by atoms with Crippen LogP contribution in [0.2, 0.25) is 0 Å². The summed E-state index contributed by atoms with van der Waals surface area (Å²) in [5.41, 5.74) is -0.919. The number of benzene rings is 2. The van der Waals surface area contributed by atoms with Gasteiger partial charge in [0.15, 0.2) is 9.79 Å². The molecular formula is C16H18ClN3O8S2. The first kappa shape index (κ1) is 25.4. The van der Waals surface area contributed by atoms with Gasteiger partial charge < -0.3 is 0 Å². The topological polar surface area (TPSA) is 158 Å². The Bertz CT molecular complexity index is 1150. The second kappa shape index (κ2) is 9.93. The van der Waals surface area contributed by atoms with Crippen molar-refractivity contribution < 1.29 is 26.7 Å². The summed E-state index contributed by atoms with van der Waals surface area (Å²) in [7, 11) is -1.50. The fraction of sp³-hybridized carbons (Fsp3) is 0.250. The van der Waals surface area contributed by atoms with E-state index in [-0.39, 0.29) is 10.9 Å². The van der Waals surface area contributed by atoms with E-state index >= 15 is 0 Å². The molecule has 0 aliphatic carbocycles. The minimum atomic E-state index is -4.05. The van der Waals surface area contributed by atoms with E-state index in [9.17, 15) is 37.1 Å². The average Bonchev–Trinajstić information content (AvgIpc) is 2.67. The monoisotopic (exact) mass is 479 g/mol. The molecule has 0 spiro atoms. The normalized spacial score (nSPS) is 11.7. The third kappa shape index (κ3) is 6.19. The Kier molecular flexibility index (Phi) is 8.42. The first-order valence-corrected chi connectivity index (χ1v) is 11.9. The minimum Gasteiger partial charge on any atom is -0.258 e. The summed E-state index contributed by atoms with van der Waals surface area (Å²) in [6, 6.07) is 9.95. The lowest BCUT2D eigenvalue weighted by molar-refractivity contribution is -0.388. The van der Waals surface area contributed by atoms with E-state index in [0.29, 0.717) is 0 Å². The van der Waals surface area contributed by atoms with Gasteiger partial charge in [-0.25, -0.2) is 16.8 Å². The summed E-state index contributed by atoms with van der Waals surface area (Å²) >= 11 is 0. The van der Waals surface area contributed by atoms with Crippen LogP contribution in [0.4, 0.5) is 11.4 Å². The summed E-state index contributed by atoms with van der Waals surface area (Å²) in [6.45, 7) is 3.40. The molecule has 0 aromatic heterocycles. The molecule has 30 heavy (non-hydrogen) atoms. The zero-order valence-electron chi connectivity index (χ0n) is 16.0. The summed E-state index contributed by atoms with van der Waals surface area (Å²) in [4.78, 5) is 18.9. The van der Waals surface area contributed by atoms with Crippen LogP contribution >= 0.6 is 10.7 Å². The first-order chi connectivity index (χ1) is 13.7. The maximum absolute atomic E-state index is 12.1. The summed E-state index contributed by atoms with van der Waals surface area (Å²) in [6.07, 6.45) is 0. The predicted molar refractivity (Wildman–Crippen MR) is 109 cm³/mol. The second-order valence-electron chi connectivity index (χ2n) is 6.00. The molecule has 0 aliphatic rings. The average molecular weight is 480 g/mol. The Hall–Kier alpha value is -2.61. The van der Waals surface area contributed by atoms with Gasteiger partial charge in [0.2, 0.25) is 10.0 Å². The molecule has 0 unspecified atom stereocenters. The highest BCUT2D eigenvalue weighted by Gasteiger charge is 2.30. The highest BCUT2D eigenvalue weighted by atomic mass is 35.7. The third-order valence-corrected chi connectivity index (χ3v) is 7.22. The van der Waals surface area contributed by atoms with Crippen molar-refractivity contribution in [1.82, 2.24) is 4.31 Å². The number of nitro groups is 2. The zero-order chi connectivity index (χ0) is 23.3. The van der Waals surface area contributed by atoms with Crippen LogP contribution in [-0.4, -0.2) is 44.1 Å². The van der Waals surface area contributed by atoms with Crippen molar-refractivity contribution >= 4 is 41.1 Å². The molecule has 0 fully saturated rings. The van der Waals surface area contributed by atoms with Crippen molar-refractivity contribution in [3.63, 3.8) is 0 Å². The van der Waals surface area contributed by atoms with E-state index < -0.39 is 45.2 Å². The minimum absolute atomic E-state index is 0.264. The number of hydrogen-bond donors (Lipinski definition) is 0. The predicted octanol–water partition coefficient (Wildman–Crippen LogP) is 3.15. The van der Waals surface area contributed by atoms with E-state index in [2.05, 4.69) is 0 Å². The van der Waals surface area contributed by atoms with Gasteiger partial charge in [0, 0.05) is 35.9 Å².